The van der Waals surface area contributed by atoms with E-state index in [4.69, 9.17) is 4.74 Å². The zero-order valence-electron chi connectivity index (χ0n) is 10.7. The number of amides is 1. The van der Waals surface area contributed by atoms with Crippen LogP contribution in [0.1, 0.15) is 26.7 Å². The molecule has 16 heavy (non-hydrogen) atoms. The molecule has 1 saturated heterocycles. The van der Waals surface area contributed by atoms with Crippen molar-refractivity contribution in [3.8, 4) is 0 Å². The lowest BCUT2D eigenvalue weighted by Crippen LogP contribution is -2.36. The van der Waals surface area contributed by atoms with E-state index in [1.807, 2.05) is 11.9 Å². The third-order valence-electron chi connectivity index (χ3n) is 2.81. The molecule has 1 aliphatic rings. The van der Waals surface area contributed by atoms with E-state index in [1.54, 1.807) is 0 Å². The van der Waals surface area contributed by atoms with Gasteiger partial charge in [0.1, 0.15) is 0 Å². The van der Waals surface area contributed by atoms with Gasteiger partial charge < -0.3 is 15.0 Å². The fourth-order valence-corrected chi connectivity index (χ4v) is 1.91. The molecule has 0 spiro atoms. The fourth-order valence-electron chi connectivity index (χ4n) is 1.91. The van der Waals surface area contributed by atoms with Crippen LogP contribution in [0.15, 0.2) is 0 Å². The normalized spacial score (nSPS) is 21.1. The highest BCUT2D eigenvalue weighted by Gasteiger charge is 2.29. The van der Waals surface area contributed by atoms with Crippen LogP contribution in [0, 0.1) is 5.92 Å². The molecule has 1 atom stereocenters. The smallest absolute Gasteiger partial charge is 0.239 e. The highest BCUT2D eigenvalue weighted by atomic mass is 16.5. The molecule has 1 heterocycles. The molecule has 0 bridgehead atoms. The Morgan fingerprint density at radius 1 is 1.56 bits per heavy atom. The molecule has 1 amide bonds. The number of likely N-dealkylation sites (tertiary alicyclic amines) is 1. The SMILES string of the molecule is CNC1CCN(CCCOCC(C)C)C1=O. The third-order valence-corrected chi connectivity index (χ3v) is 2.81. The fraction of sp³-hybridized carbons (Fsp3) is 0.917. The summed E-state index contributed by atoms with van der Waals surface area (Å²) in [6, 6.07) is 0.0385. The lowest BCUT2D eigenvalue weighted by atomic mass is 10.2. The lowest BCUT2D eigenvalue weighted by molar-refractivity contribution is -0.129. The largest absolute Gasteiger partial charge is 0.381 e. The van der Waals surface area contributed by atoms with E-state index in [1.165, 1.54) is 0 Å². The van der Waals surface area contributed by atoms with Crippen LogP contribution in [0.4, 0.5) is 0 Å². The molecule has 4 heteroatoms. The number of carbonyl (C=O) groups is 1. The van der Waals surface area contributed by atoms with Crippen molar-refractivity contribution in [1.82, 2.24) is 10.2 Å². The first-order valence-corrected chi connectivity index (χ1v) is 6.19. The van der Waals surface area contributed by atoms with Gasteiger partial charge in [0, 0.05) is 26.3 Å². The number of hydrogen-bond donors (Lipinski definition) is 1. The zero-order chi connectivity index (χ0) is 12.0. The first-order chi connectivity index (χ1) is 7.65. The summed E-state index contributed by atoms with van der Waals surface area (Å²) < 4.78 is 5.49. The summed E-state index contributed by atoms with van der Waals surface area (Å²) >= 11 is 0. The Morgan fingerprint density at radius 2 is 2.31 bits per heavy atom. The maximum Gasteiger partial charge on any atom is 0.239 e. The molecule has 1 unspecified atom stereocenters. The minimum atomic E-state index is 0.0385. The van der Waals surface area contributed by atoms with E-state index in [9.17, 15) is 4.79 Å². The minimum absolute atomic E-state index is 0.0385. The molecule has 0 aromatic carbocycles. The summed E-state index contributed by atoms with van der Waals surface area (Å²) in [5, 5.41) is 3.04. The number of nitrogens with zero attached hydrogens (tertiary/aromatic N) is 1. The van der Waals surface area contributed by atoms with Crippen LogP contribution in [0.3, 0.4) is 0 Å². The highest BCUT2D eigenvalue weighted by Crippen LogP contribution is 2.10. The van der Waals surface area contributed by atoms with Crippen LogP contribution < -0.4 is 5.32 Å². The summed E-state index contributed by atoms with van der Waals surface area (Å²) in [6.45, 7) is 7.56. The van der Waals surface area contributed by atoms with Crippen molar-refractivity contribution in [2.75, 3.05) is 33.4 Å². The van der Waals surface area contributed by atoms with E-state index < -0.39 is 0 Å². The highest BCUT2D eigenvalue weighted by molar-refractivity contribution is 5.83. The zero-order valence-corrected chi connectivity index (χ0v) is 10.7. The van der Waals surface area contributed by atoms with Crippen molar-refractivity contribution < 1.29 is 9.53 Å². The van der Waals surface area contributed by atoms with Gasteiger partial charge in [-0.05, 0) is 25.8 Å². The molecule has 4 nitrogen and oxygen atoms in total. The van der Waals surface area contributed by atoms with Gasteiger partial charge in [-0.2, -0.15) is 0 Å². The van der Waals surface area contributed by atoms with E-state index in [0.29, 0.717) is 5.92 Å². The Morgan fingerprint density at radius 3 is 2.88 bits per heavy atom. The van der Waals surface area contributed by atoms with Crippen LogP contribution in [-0.2, 0) is 9.53 Å². The van der Waals surface area contributed by atoms with Gasteiger partial charge in [-0.1, -0.05) is 13.8 Å². The maximum absolute atomic E-state index is 11.7. The summed E-state index contributed by atoms with van der Waals surface area (Å²) in [5.41, 5.74) is 0. The number of likely N-dealkylation sites (N-methyl/N-ethyl adjacent to an activating group) is 1. The Balaban J connectivity index is 2.08. The second-order valence-corrected chi connectivity index (χ2v) is 4.78. The van der Waals surface area contributed by atoms with Gasteiger partial charge in [-0.25, -0.2) is 0 Å². The molecule has 94 valence electrons. The van der Waals surface area contributed by atoms with Crippen molar-refractivity contribution in [3.05, 3.63) is 0 Å². The molecule has 1 aliphatic heterocycles. The number of rotatable bonds is 7. The van der Waals surface area contributed by atoms with Gasteiger partial charge in [0.05, 0.1) is 6.04 Å². The van der Waals surface area contributed by atoms with Gasteiger partial charge in [0.25, 0.3) is 0 Å². The molecule has 0 aromatic rings. The van der Waals surface area contributed by atoms with Gasteiger partial charge >= 0.3 is 0 Å². The average Bonchev–Trinajstić information content (AvgIpc) is 2.59. The van der Waals surface area contributed by atoms with Crippen molar-refractivity contribution in [2.45, 2.75) is 32.7 Å². The van der Waals surface area contributed by atoms with Crippen LogP contribution in [-0.4, -0.2) is 50.2 Å². The van der Waals surface area contributed by atoms with Crippen LogP contribution >= 0.6 is 0 Å². The van der Waals surface area contributed by atoms with Crippen LogP contribution in [0.2, 0.25) is 0 Å². The van der Waals surface area contributed by atoms with Gasteiger partial charge in [0.2, 0.25) is 5.91 Å². The summed E-state index contributed by atoms with van der Waals surface area (Å²) in [6.07, 6.45) is 1.87. The third kappa shape index (κ3) is 4.10. The molecular formula is C12H24N2O2. The molecule has 1 rings (SSSR count). The van der Waals surface area contributed by atoms with Crippen LogP contribution in [0.5, 0.6) is 0 Å². The van der Waals surface area contributed by atoms with Crippen molar-refractivity contribution >= 4 is 5.91 Å². The second kappa shape index (κ2) is 6.86. The predicted molar refractivity (Wildman–Crippen MR) is 64.3 cm³/mol. The maximum atomic E-state index is 11.7. The van der Waals surface area contributed by atoms with Crippen molar-refractivity contribution in [1.29, 1.82) is 0 Å². The van der Waals surface area contributed by atoms with E-state index >= 15 is 0 Å². The monoisotopic (exact) mass is 228 g/mol. The van der Waals surface area contributed by atoms with Gasteiger partial charge in [-0.15, -0.1) is 0 Å². The lowest BCUT2D eigenvalue weighted by Gasteiger charge is -2.16. The predicted octanol–water partition coefficient (Wildman–Crippen LogP) is 0.869. The second-order valence-electron chi connectivity index (χ2n) is 4.78. The van der Waals surface area contributed by atoms with Gasteiger partial charge in [-0.3, -0.25) is 4.79 Å². The molecular weight excluding hydrogens is 204 g/mol. The van der Waals surface area contributed by atoms with E-state index in [2.05, 4.69) is 19.2 Å². The first kappa shape index (κ1) is 13.5. The number of ether oxygens (including phenoxy) is 1. The number of hydrogen-bond acceptors (Lipinski definition) is 3. The van der Waals surface area contributed by atoms with E-state index in [0.717, 1.165) is 39.1 Å². The standard InChI is InChI=1S/C12H24N2O2/c1-10(2)9-16-8-4-6-14-7-5-11(13-3)12(14)15/h10-11,13H,4-9H2,1-3H3. The molecule has 1 fully saturated rings. The quantitative estimate of drug-likeness (QED) is 0.657. The summed E-state index contributed by atoms with van der Waals surface area (Å²) in [5.74, 6) is 0.827. The number of carbonyl (C=O) groups excluding carboxylic acids is 1. The Bertz CT molecular complexity index is 219. The van der Waals surface area contributed by atoms with E-state index in [-0.39, 0.29) is 11.9 Å². The average molecular weight is 228 g/mol. The molecule has 0 aromatic heterocycles. The molecule has 0 radical (unpaired) electrons. The Kier molecular flexibility index (Phi) is 5.77. The van der Waals surface area contributed by atoms with Crippen LogP contribution in [0.25, 0.3) is 0 Å². The van der Waals surface area contributed by atoms with Gasteiger partial charge in [0.15, 0.2) is 0 Å². The minimum Gasteiger partial charge on any atom is -0.381 e. The molecule has 0 saturated carbocycles. The summed E-state index contributed by atoms with van der Waals surface area (Å²) in [4.78, 5) is 13.7. The van der Waals surface area contributed by atoms with Crippen molar-refractivity contribution in [3.63, 3.8) is 0 Å². The topological polar surface area (TPSA) is 41.6 Å². The molecule has 0 aliphatic carbocycles. The Hall–Kier alpha value is -0.610. The first-order valence-electron chi connectivity index (χ1n) is 6.19. The molecule has 1 N–H and O–H groups in total. The van der Waals surface area contributed by atoms with Crippen molar-refractivity contribution in [2.24, 2.45) is 5.92 Å². The number of nitrogens with one attached hydrogen (secondary N) is 1. The Labute approximate surface area is 98.3 Å². The summed E-state index contributed by atoms with van der Waals surface area (Å²) in [7, 11) is 1.85.